The molecule has 7 heteroatoms. The van der Waals surface area contributed by atoms with Crippen LogP contribution < -0.4 is 5.32 Å². The van der Waals surface area contributed by atoms with Crippen molar-refractivity contribution in [2.45, 2.75) is 13.3 Å². The Morgan fingerprint density at radius 3 is 3.17 bits per heavy atom. The summed E-state index contributed by atoms with van der Waals surface area (Å²) in [7, 11) is 0. The first kappa shape index (κ1) is 10.7. The van der Waals surface area contributed by atoms with Crippen molar-refractivity contribution in [2.24, 2.45) is 0 Å². The molecule has 3 aromatic rings. The van der Waals surface area contributed by atoms with E-state index in [1.807, 2.05) is 19.2 Å². The van der Waals surface area contributed by atoms with Crippen LogP contribution >= 0.6 is 0 Å². The molecule has 0 atom stereocenters. The zero-order valence-corrected chi connectivity index (χ0v) is 9.87. The largest absolute Gasteiger partial charge is 0.368 e. The highest BCUT2D eigenvalue weighted by molar-refractivity contribution is 5.67. The third-order valence-corrected chi connectivity index (χ3v) is 2.56. The minimum absolute atomic E-state index is 0.680. The van der Waals surface area contributed by atoms with Crippen LogP contribution in [0, 0.1) is 6.92 Å². The van der Waals surface area contributed by atoms with Crippen LogP contribution in [0.25, 0.3) is 5.52 Å². The van der Waals surface area contributed by atoms with Gasteiger partial charge in [0.25, 0.3) is 0 Å². The van der Waals surface area contributed by atoms with Crippen LogP contribution in [0.3, 0.4) is 0 Å². The maximum absolute atomic E-state index is 4.67. The van der Waals surface area contributed by atoms with Gasteiger partial charge in [-0.15, -0.1) is 0 Å². The molecule has 3 heterocycles. The van der Waals surface area contributed by atoms with E-state index in [2.05, 4.69) is 30.1 Å². The molecule has 0 bridgehead atoms. The minimum Gasteiger partial charge on any atom is -0.368 e. The fourth-order valence-electron chi connectivity index (χ4n) is 1.78. The van der Waals surface area contributed by atoms with E-state index in [-0.39, 0.29) is 0 Å². The first-order chi connectivity index (χ1) is 8.83. The van der Waals surface area contributed by atoms with Gasteiger partial charge in [0.1, 0.15) is 5.52 Å². The number of aromatic nitrogens is 5. The Kier molecular flexibility index (Phi) is 2.64. The lowest BCUT2D eigenvalue weighted by atomic mass is 10.3. The normalized spacial score (nSPS) is 10.9. The number of rotatable bonds is 4. The topological polar surface area (TPSA) is 81.1 Å². The molecule has 18 heavy (non-hydrogen) atoms. The second-order valence-corrected chi connectivity index (χ2v) is 3.92. The molecule has 0 saturated heterocycles. The van der Waals surface area contributed by atoms with Gasteiger partial charge in [0, 0.05) is 25.4 Å². The third kappa shape index (κ3) is 2.02. The molecule has 0 fully saturated rings. The summed E-state index contributed by atoms with van der Waals surface area (Å²) in [5, 5.41) is 11.3. The molecular formula is C11H12N6O. The van der Waals surface area contributed by atoms with Crippen molar-refractivity contribution in [1.82, 2.24) is 24.7 Å². The van der Waals surface area contributed by atoms with Crippen molar-refractivity contribution >= 4 is 11.3 Å². The van der Waals surface area contributed by atoms with Crippen molar-refractivity contribution in [3.05, 3.63) is 36.4 Å². The monoisotopic (exact) mass is 244 g/mol. The van der Waals surface area contributed by atoms with E-state index in [0.29, 0.717) is 18.8 Å². The number of nitrogens with zero attached hydrogens (tertiary/aromatic N) is 5. The smallest absolute Gasteiger partial charge is 0.213 e. The van der Waals surface area contributed by atoms with Crippen molar-refractivity contribution < 1.29 is 4.52 Å². The zero-order chi connectivity index (χ0) is 12.4. The number of hydrogen-bond donors (Lipinski definition) is 1. The van der Waals surface area contributed by atoms with Gasteiger partial charge in [-0.05, 0) is 13.0 Å². The molecule has 92 valence electrons. The average Bonchev–Trinajstić information content (AvgIpc) is 2.97. The van der Waals surface area contributed by atoms with E-state index in [1.165, 1.54) is 6.39 Å². The number of hydrogen-bond acceptors (Lipinski definition) is 6. The Balaban J connectivity index is 1.74. The molecule has 0 aliphatic rings. The summed E-state index contributed by atoms with van der Waals surface area (Å²) < 4.78 is 6.48. The maximum Gasteiger partial charge on any atom is 0.213 e. The summed E-state index contributed by atoms with van der Waals surface area (Å²) in [4.78, 5) is 8.26. The van der Waals surface area contributed by atoms with Gasteiger partial charge in [0.2, 0.25) is 6.39 Å². The molecule has 0 saturated carbocycles. The van der Waals surface area contributed by atoms with Gasteiger partial charge < -0.3 is 9.84 Å². The van der Waals surface area contributed by atoms with Crippen molar-refractivity contribution in [3.63, 3.8) is 0 Å². The van der Waals surface area contributed by atoms with Crippen LogP contribution in [0.2, 0.25) is 0 Å². The first-order valence-electron chi connectivity index (χ1n) is 5.63. The SMILES string of the molecule is Cc1cc2c(NCCc3ncon3)nccn2n1. The molecule has 7 nitrogen and oxygen atoms in total. The van der Waals surface area contributed by atoms with Crippen LogP contribution in [0.1, 0.15) is 11.5 Å². The lowest BCUT2D eigenvalue weighted by Gasteiger charge is -2.04. The van der Waals surface area contributed by atoms with Gasteiger partial charge in [-0.1, -0.05) is 5.16 Å². The third-order valence-electron chi connectivity index (χ3n) is 2.56. The number of fused-ring (bicyclic) bond motifs is 1. The van der Waals surface area contributed by atoms with E-state index >= 15 is 0 Å². The lowest BCUT2D eigenvalue weighted by molar-refractivity contribution is 0.410. The molecule has 0 aliphatic carbocycles. The average molecular weight is 244 g/mol. The fraction of sp³-hybridized carbons (Fsp3) is 0.273. The van der Waals surface area contributed by atoms with Crippen molar-refractivity contribution in [2.75, 3.05) is 11.9 Å². The summed E-state index contributed by atoms with van der Waals surface area (Å²) in [5.74, 6) is 1.49. The van der Waals surface area contributed by atoms with Gasteiger partial charge in [0.05, 0.1) is 5.69 Å². The summed E-state index contributed by atoms with van der Waals surface area (Å²) in [6, 6.07) is 1.99. The highest BCUT2D eigenvalue weighted by atomic mass is 16.5. The molecule has 0 unspecified atom stereocenters. The maximum atomic E-state index is 4.67. The van der Waals surface area contributed by atoms with Crippen molar-refractivity contribution in [3.8, 4) is 0 Å². The summed E-state index contributed by atoms with van der Waals surface area (Å²) in [6.45, 7) is 2.65. The molecule has 0 radical (unpaired) electrons. The van der Waals surface area contributed by atoms with Gasteiger partial charge in [-0.25, -0.2) is 9.50 Å². The Bertz CT molecular complexity index is 645. The minimum atomic E-state index is 0.680. The van der Waals surface area contributed by atoms with Gasteiger partial charge >= 0.3 is 0 Å². The highest BCUT2D eigenvalue weighted by Gasteiger charge is 2.05. The van der Waals surface area contributed by atoms with E-state index in [0.717, 1.165) is 17.0 Å². The molecule has 3 aromatic heterocycles. The Morgan fingerprint density at radius 2 is 2.33 bits per heavy atom. The van der Waals surface area contributed by atoms with Crippen LogP contribution in [-0.4, -0.2) is 31.3 Å². The predicted molar refractivity (Wildman–Crippen MR) is 64.2 cm³/mol. The zero-order valence-electron chi connectivity index (χ0n) is 9.87. The highest BCUT2D eigenvalue weighted by Crippen LogP contribution is 2.14. The number of anilines is 1. The Hall–Kier alpha value is -2.44. The van der Waals surface area contributed by atoms with E-state index in [4.69, 9.17) is 0 Å². The fourth-order valence-corrected chi connectivity index (χ4v) is 1.78. The first-order valence-corrected chi connectivity index (χ1v) is 5.63. The Morgan fingerprint density at radius 1 is 1.39 bits per heavy atom. The summed E-state index contributed by atoms with van der Waals surface area (Å²) in [5.41, 5.74) is 1.92. The lowest BCUT2D eigenvalue weighted by Crippen LogP contribution is -2.08. The standard InChI is InChI=1S/C11H12N6O/c1-8-6-9-11(13-4-5-17(9)15-8)12-3-2-10-14-7-18-16-10/h4-7H,2-3H2,1H3,(H,12,13). The van der Waals surface area contributed by atoms with Crippen LogP contribution in [0.4, 0.5) is 5.82 Å². The molecular weight excluding hydrogens is 232 g/mol. The van der Waals surface area contributed by atoms with Crippen LogP contribution in [-0.2, 0) is 6.42 Å². The van der Waals surface area contributed by atoms with E-state index in [9.17, 15) is 0 Å². The number of nitrogens with one attached hydrogen (secondary N) is 1. The second kappa shape index (κ2) is 4.44. The molecule has 0 amide bonds. The summed E-state index contributed by atoms with van der Waals surface area (Å²) >= 11 is 0. The van der Waals surface area contributed by atoms with Gasteiger partial charge in [-0.2, -0.15) is 10.1 Å². The molecule has 1 N–H and O–H groups in total. The summed E-state index contributed by atoms with van der Waals surface area (Å²) in [6.07, 6.45) is 5.56. The van der Waals surface area contributed by atoms with Crippen LogP contribution in [0.15, 0.2) is 29.4 Å². The Labute approximate surface area is 103 Å². The van der Waals surface area contributed by atoms with Crippen molar-refractivity contribution in [1.29, 1.82) is 0 Å². The van der Waals surface area contributed by atoms with Gasteiger partial charge in [0.15, 0.2) is 11.6 Å². The predicted octanol–water partition coefficient (Wildman–Crippen LogP) is 1.08. The molecule has 0 spiro atoms. The molecule has 3 rings (SSSR count). The van der Waals surface area contributed by atoms with Gasteiger partial charge in [-0.3, -0.25) is 0 Å². The second-order valence-electron chi connectivity index (χ2n) is 3.92. The molecule has 0 aliphatic heterocycles. The van der Waals surface area contributed by atoms with E-state index in [1.54, 1.807) is 10.7 Å². The number of aryl methyl sites for hydroxylation is 1. The quantitative estimate of drug-likeness (QED) is 0.739. The van der Waals surface area contributed by atoms with Crippen LogP contribution in [0.5, 0.6) is 0 Å². The van der Waals surface area contributed by atoms with E-state index < -0.39 is 0 Å². The molecule has 0 aromatic carbocycles.